The molecular formula is C14H26O7. The molecule has 0 aliphatic carbocycles. The number of ether oxygens (including phenoxy) is 1. The third kappa shape index (κ3) is 11.3. The summed E-state index contributed by atoms with van der Waals surface area (Å²) in [5, 5.41) is 0. The summed E-state index contributed by atoms with van der Waals surface area (Å²) in [4.78, 5) is 43.1. The monoisotopic (exact) mass is 306 g/mol. The number of carbonyl (C=O) groups is 2. The molecule has 0 spiro atoms. The molecule has 7 nitrogen and oxygen atoms in total. The van der Waals surface area contributed by atoms with Crippen molar-refractivity contribution in [2.45, 2.75) is 78.8 Å². The van der Waals surface area contributed by atoms with Crippen LogP contribution in [0.2, 0.25) is 0 Å². The molecule has 21 heavy (non-hydrogen) atoms. The van der Waals surface area contributed by atoms with Gasteiger partial charge < -0.3 is 4.74 Å². The molecule has 0 aromatic heterocycles. The maximum Gasteiger partial charge on any atom is 0.319 e. The zero-order chi connectivity index (χ0) is 16.9. The van der Waals surface area contributed by atoms with E-state index < -0.39 is 28.9 Å². The smallest absolute Gasteiger partial charge is 0.319 e. The molecule has 0 N–H and O–H groups in total. The summed E-state index contributed by atoms with van der Waals surface area (Å²) in [6, 6.07) is 0. The van der Waals surface area contributed by atoms with Crippen molar-refractivity contribution in [3.8, 4) is 0 Å². The van der Waals surface area contributed by atoms with Crippen molar-refractivity contribution in [2.24, 2.45) is 0 Å². The molecule has 0 aromatic carbocycles. The molecule has 0 atom stereocenters. The van der Waals surface area contributed by atoms with Gasteiger partial charge in [0.2, 0.25) is 5.79 Å². The van der Waals surface area contributed by atoms with Crippen LogP contribution >= 0.6 is 0 Å². The average Bonchev–Trinajstić information content (AvgIpc) is 2.21. The van der Waals surface area contributed by atoms with Crippen LogP contribution in [0, 0.1) is 0 Å². The molecule has 7 heteroatoms. The van der Waals surface area contributed by atoms with Gasteiger partial charge in [-0.25, -0.2) is 9.78 Å². The van der Waals surface area contributed by atoms with E-state index in [4.69, 9.17) is 19.6 Å². The molecule has 0 fully saturated rings. The zero-order valence-corrected chi connectivity index (χ0v) is 14.1. The first-order chi connectivity index (χ1) is 9.22. The van der Waals surface area contributed by atoms with E-state index in [0.717, 1.165) is 6.92 Å². The van der Waals surface area contributed by atoms with Gasteiger partial charge in [-0.05, 0) is 48.5 Å². The van der Waals surface area contributed by atoms with Crippen molar-refractivity contribution in [1.82, 2.24) is 0 Å². The molecule has 0 aliphatic rings. The predicted molar refractivity (Wildman–Crippen MR) is 73.6 cm³/mol. The van der Waals surface area contributed by atoms with E-state index in [9.17, 15) is 9.59 Å². The predicted octanol–water partition coefficient (Wildman–Crippen LogP) is 2.68. The average molecular weight is 306 g/mol. The van der Waals surface area contributed by atoms with Crippen LogP contribution in [0.15, 0.2) is 0 Å². The number of hydrogen-bond acceptors (Lipinski definition) is 7. The molecule has 0 unspecified atom stereocenters. The fraction of sp³-hybridized carbons (Fsp3) is 0.857. The van der Waals surface area contributed by atoms with Crippen LogP contribution in [-0.4, -0.2) is 28.9 Å². The van der Waals surface area contributed by atoms with Crippen LogP contribution < -0.4 is 0 Å². The van der Waals surface area contributed by atoms with E-state index in [0.29, 0.717) is 0 Å². The minimum atomic E-state index is -1.55. The first-order valence-electron chi connectivity index (χ1n) is 6.67. The first-order valence-corrected chi connectivity index (χ1v) is 6.67. The molecule has 0 rings (SSSR count). The molecule has 0 saturated carbocycles. The first kappa shape index (κ1) is 20.0. The third-order valence-corrected chi connectivity index (χ3v) is 1.66. The van der Waals surface area contributed by atoms with Crippen LogP contribution in [0.25, 0.3) is 0 Å². The topological polar surface area (TPSA) is 80.3 Å². The summed E-state index contributed by atoms with van der Waals surface area (Å²) < 4.78 is 4.46. The lowest BCUT2D eigenvalue weighted by Crippen LogP contribution is -2.40. The van der Waals surface area contributed by atoms with Gasteiger partial charge in [-0.2, -0.15) is 9.78 Å². The summed E-state index contributed by atoms with van der Waals surface area (Å²) in [6.45, 7) is 13.2. The van der Waals surface area contributed by atoms with E-state index in [2.05, 4.69) is 4.74 Å². The molecule has 0 amide bonds. The van der Waals surface area contributed by atoms with Crippen LogP contribution in [-0.2, 0) is 33.9 Å². The Morgan fingerprint density at radius 1 is 0.762 bits per heavy atom. The van der Waals surface area contributed by atoms with Crippen molar-refractivity contribution in [2.75, 3.05) is 0 Å². The lowest BCUT2D eigenvalue weighted by molar-refractivity contribution is -0.535. The molecule has 0 heterocycles. The number of carbonyl (C=O) groups excluding carboxylic acids is 2. The lowest BCUT2D eigenvalue weighted by Gasteiger charge is -2.31. The Bertz CT molecular complexity index is 344. The van der Waals surface area contributed by atoms with Crippen molar-refractivity contribution in [3.63, 3.8) is 0 Å². The third-order valence-electron chi connectivity index (χ3n) is 1.66. The normalized spacial score (nSPS) is 13.1. The van der Waals surface area contributed by atoms with Gasteiger partial charge in [0.25, 0.3) is 0 Å². The summed E-state index contributed by atoms with van der Waals surface area (Å²) in [7, 11) is 0. The largest absolute Gasteiger partial charge is 0.393 e. The second-order valence-electron chi connectivity index (χ2n) is 6.83. The fourth-order valence-corrected chi connectivity index (χ4v) is 0.958. The highest BCUT2D eigenvalue weighted by molar-refractivity contribution is 5.84. The van der Waals surface area contributed by atoms with Crippen molar-refractivity contribution in [1.29, 1.82) is 0 Å². The minimum absolute atomic E-state index is 0.376. The Balaban J connectivity index is 4.81. The Labute approximate surface area is 125 Å². The molecule has 0 aromatic rings. The highest BCUT2D eigenvalue weighted by atomic mass is 17.3. The summed E-state index contributed by atoms with van der Waals surface area (Å²) in [6.07, 6.45) is -0.376. The maximum atomic E-state index is 11.6. The van der Waals surface area contributed by atoms with Crippen LogP contribution in [0.3, 0.4) is 0 Å². The van der Waals surface area contributed by atoms with E-state index in [-0.39, 0.29) is 6.42 Å². The van der Waals surface area contributed by atoms with Gasteiger partial charge in [-0.1, -0.05) is 0 Å². The molecular weight excluding hydrogens is 280 g/mol. The number of rotatable bonds is 6. The van der Waals surface area contributed by atoms with E-state index in [1.165, 1.54) is 6.92 Å². The Hall–Kier alpha value is -1.02. The van der Waals surface area contributed by atoms with Crippen molar-refractivity contribution in [3.05, 3.63) is 0 Å². The molecule has 0 aliphatic heterocycles. The van der Waals surface area contributed by atoms with E-state index in [1.807, 2.05) is 0 Å². The molecule has 0 saturated heterocycles. The SMILES string of the molecule is CC(=O)OC(=O)CC(C)(OOC(C)(C)C)OOC(C)(C)C. The van der Waals surface area contributed by atoms with Gasteiger partial charge in [0.05, 0.1) is 11.2 Å². The van der Waals surface area contributed by atoms with Gasteiger partial charge in [0, 0.05) is 6.92 Å². The quantitative estimate of drug-likeness (QED) is 0.245. The van der Waals surface area contributed by atoms with Crippen LogP contribution in [0.4, 0.5) is 0 Å². The van der Waals surface area contributed by atoms with E-state index in [1.54, 1.807) is 41.5 Å². The number of esters is 2. The lowest BCUT2D eigenvalue weighted by atomic mass is 10.2. The van der Waals surface area contributed by atoms with E-state index >= 15 is 0 Å². The molecule has 0 radical (unpaired) electrons. The van der Waals surface area contributed by atoms with Gasteiger partial charge in [-0.15, -0.1) is 0 Å². The Morgan fingerprint density at radius 3 is 1.43 bits per heavy atom. The highest BCUT2D eigenvalue weighted by Crippen LogP contribution is 2.25. The summed E-state index contributed by atoms with van der Waals surface area (Å²) in [5.41, 5.74) is -1.23. The standard InChI is InChI=1S/C14H26O7/c1-10(15)17-11(16)9-14(8,20-18-12(2,3)4)21-19-13(5,6)7/h9H2,1-8H3. The van der Waals surface area contributed by atoms with Gasteiger partial charge in [0.15, 0.2) is 0 Å². The summed E-state index contributed by atoms with van der Waals surface area (Å²) in [5.74, 6) is -3.07. The van der Waals surface area contributed by atoms with Gasteiger partial charge in [-0.3, -0.25) is 9.59 Å². The second-order valence-corrected chi connectivity index (χ2v) is 6.83. The highest BCUT2D eigenvalue weighted by Gasteiger charge is 2.37. The number of hydrogen-bond donors (Lipinski definition) is 0. The van der Waals surface area contributed by atoms with Crippen LogP contribution in [0.1, 0.15) is 61.8 Å². The zero-order valence-electron chi connectivity index (χ0n) is 14.1. The molecule has 0 bridgehead atoms. The maximum absolute atomic E-state index is 11.6. The Kier molecular flexibility index (Phi) is 6.95. The van der Waals surface area contributed by atoms with Crippen LogP contribution in [0.5, 0.6) is 0 Å². The minimum Gasteiger partial charge on any atom is -0.393 e. The summed E-state index contributed by atoms with van der Waals surface area (Å²) >= 11 is 0. The Morgan fingerprint density at radius 2 is 1.14 bits per heavy atom. The second kappa shape index (κ2) is 7.31. The fourth-order valence-electron chi connectivity index (χ4n) is 0.958. The van der Waals surface area contributed by atoms with Gasteiger partial charge >= 0.3 is 11.9 Å². The van der Waals surface area contributed by atoms with Crippen molar-refractivity contribution >= 4 is 11.9 Å². The van der Waals surface area contributed by atoms with Crippen molar-refractivity contribution < 1.29 is 33.9 Å². The van der Waals surface area contributed by atoms with Gasteiger partial charge in [0.1, 0.15) is 6.42 Å². The molecule has 124 valence electrons.